The van der Waals surface area contributed by atoms with Gasteiger partial charge in [-0.25, -0.2) is 0 Å². The van der Waals surface area contributed by atoms with Crippen molar-refractivity contribution < 1.29 is 24.2 Å². The molecule has 0 aliphatic rings. The molecule has 0 fully saturated rings. The number of halogens is 2. The van der Waals surface area contributed by atoms with Gasteiger partial charge >= 0.3 is 0 Å². The maximum atomic E-state index is 13.1. The Morgan fingerprint density at radius 3 is 2.44 bits per heavy atom. The predicted octanol–water partition coefficient (Wildman–Crippen LogP) is 5.34. The first-order chi connectivity index (χ1) is 17.1. The average Bonchev–Trinajstić information content (AvgIpc) is 2.85. The number of hydrogen-bond acceptors (Lipinski definition) is 7. The molecule has 0 saturated carbocycles. The Morgan fingerprint density at radius 1 is 1.03 bits per heavy atom. The van der Waals surface area contributed by atoms with Crippen LogP contribution in [0.25, 0.3) is 6.08 Å². The largest absolute Gasteiger partial charge is 0.497 e. The smallest absolute Gasteiger partial charge is 0.289 e. The van der Waals surface area contributed by atoms with Gasteiger partial charge in [-0.05, 0) is 57.9 Å². The number of hydrogen-bond donors (Lipinski definition) is 2. The number of non-ortho nitro benzene ring substituents is 1. The molecule has 0 unspecified atom stereocenters. The Kier molecular flexibility index (Phi) is 8.35. The van der Waals surface area contributed by atoms with E-state index in [-0.39, 0.29) is 33.2 Å². The van der Waals surface area contributed by atoms with E-state index in [1.54, 1.807) is 12.1 Å². The van der Waals surface area contributed by atoms with Crippen LogP contribution in [-0.4, -0.2) is 28.8 Å². The highest BCUT2D eigenvalue weighted by atomic mass is 79.9. The zero-order valence-corrected chi connectivity index (χ0v) is 20.7. The third-order valence-electron chi connectivity index (χ3n) is 4.70. The Bertz CT molecular complexity index is 1410. The normalized spacial score (nSPS) is 10.9. The van der Waals surface area contributed by atoms with E-state index in [0.717, 1.165) is 6.07 Å². The van der Waals surface area contributed by atoms with Crippen LogP contribution in [0.5, 0.6) is 5.75 Å². The van der Waals surface area contributed by atoms with Crippen molar-refractivity contribution in [3.05, 3.63) is 107 Å². The molecule has 0 aliphatic carbocycles. The van der Waals surface area contributed by atoms with Crippen molar-refractivity contribution in [2.24, 2.45) is 0 Å². The van der Waals surface area contributed by atoms with E-state index in [1.807, 2.05) is 0 Å². The molecule has 0 aromatic heterocycles. The van der Waals surface area contributed by atoms with Crippen molar-refractivity contribution in [3.8, 4) is 5.75 Å². The zero-order chi connectivity index (χ0) is 26.4. The van der Waals surface area contributed by atoms with Gasteiger partial charge < -0.3 is 15.4 Å². The third kappa shape index (κ3) is 6.43. The number of ether oxygens (including phenoxy) is 1. The van der Waals surface area contributed by atoms with Crippen molar-refractivity contribution in [3.63, 3.8) is 0 Å². The van der Waals surface area contributed by atoms with Gasteiger partial charge in [-0.15, -0.1) is 0 Å². The molecule has 13 heteroatoms. The molecule has 11 nitrogen and oxygen atoms in total. The van der Waals surface area contributed by atoms with Crippen LogP contribution >= 0.6 is 27.5 Å². The Hall–Kier alpha value is -4.29. The number of methoxy groups -OCH3 is 1. The second kappa shape index (κ2) is 11.4. The zero-order valence-electron chi connectivity index (χ0n) is 18.4. The summed E-state index contributed by atoms with van der Waals surface area (Å²) in [5, 5.41) is 27.1. The molecule has 0 saturated heterocycles. The number of carbonyl (C=O) groups is 2. The molecular weight excluding hydrogens is 560 g/mol. The van der Waals surface area contributed by atoms with Gasteiger partial charge in [0.15, 0.2) is 0 Å². The van der Waals surface area contributed by atoms with Gasteiger partial charge in [-0.3, -0.25) is 29.8 Å². The minimum Gasteiger partial charge on any atom is -0.497 e. The monoisotopic (exact) mass is 574 g/mol. The fourth-order valence-corrected chi connectivity index (χ4v) is 3.59. The van der Waals surface area contributed by atoms with Crippen LogP contribution in [0.1, 0.15) is 15.9 Å². The van der Waals surface area contributed by atoms with Crippen molar-refractivity contribution >= 4 is 62.5 Å². The maximum absolute atomic E-state index is 13.1. The van der Waals surface area contributed by atoms with Crippen molar-refractivity contribution in [2.45, 2.75) is 0 Å². The fourth-order valence-electron chi connectivity index (χ4n) is 2.98. The van der Waals surface area contributed by atoms with Crippen LogP contribution in [-0.2, 0) is 4.79 Å². The molecule has 2 amide bonds. The molecule has 3 aromatic carbocycles. The minimum atomic E-state index is -0.842. The van der Waals surface area contributed by atoms with Crippen molar-refractivity contribution in [2.75, 3.05) is 12.4 Å². The lowest BCUT2D eigenvalue weighted by Gasteiger charge is -2.13. The number of carbonyl (C=O) groups excluding carboxylic acids is 2. The van der Waals surface area contributed by atoms with Gasteiger partial charge in [0.05, 0.1) is 22.5 Å². The lowest BCUT2D eigenvalue weighted by atomic mass is 10.1. The van der Waals surface area contributed by atoms with Crippen molar-refractivity contribution in [1.29, 1.82) is 0 Å². The molecule has 2 N–H and O–H groups in total. The summed E-state index contributed by atoms with van der Waals surface area (Å²) >= 11 is 9.10. The first-order valence-electron chi connectivity index (χ1n) is 9.95. The van der Waals surface area contributed by atoms with Crippen LogP contribution < -0.4 is 15.4 Å². The molecule has 0 heterocycles. The molecule has 0 atom stereocenters. The standard InChI is InChI=1S/C23H16BrClN4O7/c1-36-16-6-7-18(24)17(12-16)22(30)27-20(10-13-3-2-4-15(9-13)28(32)33)23(31)26-14-5-8-19(25)21(11-14)29(34)35/h2-12H,1H3,(H,26,31)(H,27,30). The number of anilines is 1. The predicted molar refractivity (Wildman–Crippen MR) is 136 cm³/mol. The molecular formula is C23H16BrClN4O7. The van der Waals surface area contributed by atoms with Crippen LogP contribution in [0.2, 0.25) is 5.02 Å². The van der Waals surface area contributed by atoms with Gasteiger partial charge in [-0.1, -0.05) is 23.7 Å². The number of benzene rings is 3. The molecule has 184 valence electrons. The van der Waals surface area contributed by atoms with Gasteiger partial charge in [-0.2, -0.15) is 0 Å². The first-order valence-corrected chi connectivity index (χ1v) is 11.1. The number of amides is 2. The first kappa shape index (κ1) is 26.3. The third-order valence-corrected chi connectivity index (χ3v) is 5.71. The second-order valence-electron chi connectivity index (χ2n) is 7.09. The highest BCUT2D eigenvalue weighted by molar-refractivity contribution is 9.10. The second-order valence-corrected chi connectivity index (χ2v) is 8.35. The highest BCUT2D eigenvalue weighted by Gasteiger charge is 2.20. The van der Waals surface area contributed by atoms with Crippen molar-refractivity contribution in [1.82, 2.24) is 5.32 Å². The lowest BCUT2D eigenvalue weighted by molar-refractivity contribution is -0.385. The molecule has 0 spiro atoms. The summed E-state index contributed by atoms with van der Waals surface area (Å²) in [7, 11) is 1.43. The lowest BCUT2D eigenvalue weighted by Crippen LogP contribution is -2.31. The van der Waals surface area contributed by atoms with Crippen LogP contribution in [0.15, 0.2) is 70.8 Å². The van der Waals surface area contributed by atoms with Gasteiger partial charge in [0.2, 0.25) is 0 Å². The molecule has 0 aliphatic heterocycles. The summed E-state index contributed by atoms with van der Waals surface area (Å²) in [6.07, 6.45) is 1.23. The van der Waals surface area contributed by atoms with E-state index in [1.165, 1.54) is 55.7 Å². The summed E-state index contributed by atoms with van der Waals surface area (Å²) in [6.45, 7) is 0. The molecule has 36 heavy (non-hydrogen) atoms. The Labute approximate surface area is 217 Å². The van der Waals surface area contributed by atoms with E-state index in [9.17, 15) is 29.8 Å². The summed E-state index contributed by atoms with van der Waals surface area (Å²) in [6, 6.07) is 13.7. The van der Waals surface area contributed by atoms with E-state index < -0.39 is 27.3 Å². The number of nitro benzene ring substituents is 2. The summed E-state index contributed by atoms with van der Waals surface area (Å²) in [4.78, 5) is 47.1. The van der Waals surface area contributed by atoms with E-state index in [2.05, 4.69) is 26.6 Å². The Balaban J connectivity index is 2.00. The van der Waals surface area contributed by atoms with Gasteiger partial charge in [0, 0.05) is 28.4 Å². The van der Waals surface area contributed by atoms with E-state index >= 15 is 0 Å². The highest BCUT2D eigenvalue weighted by Crippen LogP contribution is 2.28. The van der Waals surface area contributed by atoms with Gasteiger partial charge in [0.1, 0.15) is 16.5 Å². The summed E-state index contributed by atoms with van der Waals surface area (Å²) in [5.41, 5.74) is -0.497. The average molecular weight is 576 g/mol. The number of nitrogens with one attached hydrogen (secondary N) is 2. The molecule has 0 bridgehead atoms. The van der Waals surface area contributed by atoms with E-state index in [4.69, 9.17) is 16.3 Å². The summed E-state index contributed by atoms with van der Waals surface area (Å²) in [5.74, 6) is -1.13. The quantitative estimate of drug-likeness (QED) is 0.209. The molecule has 0 radical (unpaired) electrons. The van der Waals surface area contributed by atoms with E-state index in [0.29, 0.717) is 10.2 Å². The number of nitro groups is 2. The summed E-state index contributed by atoms with van der Waals surface area (Å²) < 4.78 is 5.56. The maximum Gasteiger partial charge on any atom is 0.289 e. The van der Waals surface area contributed by atoms with Crippen LogP contribution in [0, 0.1) is 20.2 Å². The minimum absolute atomic E-state index is 0.0397. The SMILES string of the molecule is COc1ccc(Br)c(C(=O)NC(=Cc2cccc([N+](=O)[O-])c2)C(=O)Nc2ccc(Cl)c([N+](=O)[O-])c2)c1. The molecule has 3 rings (SSSR count). The van der Waals surface area contributed by atoms with Crippen LogP contribution in [0.4, 0.5) is 17.1 Å². The topological polar surface area (TPSA) is 154 Å². The van der Waals surface area contributed by atoms with Gasteiger partial charge in [0.25, 0.3) is 23.2 Å². The Morgan fingerprint density at radius 2 is 1.78 bits per heavy atom. The van der Waals surface area contributed by atoms with Crippen LogP contribution in [0.3, 0.4) is 0 Å². The number of rotatable bonds is 8. The fraction of sp³-hybridized carbons (Fsp3) is 0.0435. The number of nitrogens with zero attached hydrogens (tertiary/aromatic N) is 2. The molecule has 3 aromatic rings.